The van der Waals surface area contributed by atoms with E-state index >= 15 is 0 Å². The predicted molar refractivity (Wildman–Crippen MR) is 173 cm³/mol. The van der Waals surface area contributed by atoms with E-state index < -0.39 is 0 Å². The molecule has 6 rings (SSSR count). The fraction of sp³-hybridized carbons (Fsp3) is 0.176. The van der Waals surface area contributed by atoms with Gasteiger partial charge in [0.05, 0.1) is 0 Å². The molecule has 0 saturated heterocycles. The van der Waals surface area contributed by atoms with Crippen LogP contribution in [0.2, 0.25) is 0 Å². The summed E-state index contributed by atoms with van der Waals surface area (Å²) < 4.78 is 0. The summed E-state index contributed by atoms with van der Waals surface area (Å²) in [5.41, 5.74) is 4.94. The lowest BCUT2D eigenvalue weighted by molar-refractivity contribution is 0.754. The molecule has 2 unspecified atom stereocenters. The Morgan fingerprint density at radius 2 is 0.744 bits per heavy atom. The Balaban J connectivity index is 1.39. The van der Waals surface area contributed by atoms with E-state index in [4.69, 9.17) is 0 Å². The maximum absolute atomic E-state index is 2.50. The van der Waals surface area contributed by atoms with Crippen LogP contribution in [0.15, 0.2) is 131 Å². The van der Waals surface area contributed by atoms with E-state index in [-0.39, 0.29) is 0 Å². The zero-order valence-electron chi connectivity index (χ0n) is 22.2. The molecule has 4 aromatic carbocycles. The Hall–Kier alpha value is -3.12. The number of thiophene rings is 1. The lowest BCUT2D eigenvalue weighted by Crippen LogP contribution is -2.41. The van der Waals surface area contributed by atoms with Crippen molar-refractivity contribution in [1.29, 1.82) is 0 Å². The average molecular weight is 565 g/mol. The number of nitrogens with zero attached hydrogens (tertiary/aromatic N) is 2. The Labute approximate surface area is 244 Å². The summed E-state index contributed by atoms with van der Waals surface area (Å²) in [6.45, 7) is 6.44. The molecule has 0 N–H and O–H groups in total. The molecule has 0 fully saturated rings. The summed E-state index contributed by atoms with van der Waals surface area (Å²) in [6, 6.07) is 43.4. The van der Waals surface area contributed by atoms with Crippen molar-refractivity contribution in [3.8, 4) is 0 Å². The summed E-state index contributed by atoms with van der Waals surface area (Å²) >= 11 is 6.11. The predicted octanol–water partition coefficient (Wildman–Crippen LogP) is 9.98. The number of fused-ring (bicyclic) bond motifs is 1. The zero-order chi connectivity index (χ0) is 26.6. The fourth-order valence-corrected chi connectivity index (χ4v) is 9.71. The molecule has 0 saturated carbocycles. The third-order valence-electron chi connectivity index (χ3n) is 7.10. The first-order chi connectivity index (χ1) is 19.2. The van der Waals surface area contributed by atoms with Crippen LogP contribution in [0.1, 0.15) is 9.75 Å². The minimum Gasteiger partial charge on any atom is -0.340 e. The van der Waals surface area contributed by atoms with Gasteiger partial charge in [-0.2, -0.15) is 0 Å². The Kier molecular flexibility index (Phi) is 8.00. The van der Waals surface area contributed by atoms with Crippen LogP contribution >= 0.6 is 34.9 Å². The third-order valence-corrected chi connectivity index (χ3v) is 11.7. The molecule has 0 spiro atoms. The summed E-state index contributed by atoms with van der Waals surface area (Å²) in [6.07, 6.45) is 0. The summed E-state index contributed by atoms with van der Waals surface area (Å²) in [5.74, 6) is 0. The number of hydrogen-bond donors (Lipinski definition) is 0. The van der Waals surface area contributed by atoms with Crippen LogP contribution in [-0.4, -0.2) is 23.6 Å². The smallest absolute Gasteiger partial charge is 0.0415 e. The topological polar surface area (TPSA) is 6.48 Å². The van der Waals surface area contributed by atoms with E-state index in [9.17, 15) is 0 Å². The minimum absolute atomic E-state index is 0.394. The molecule has 2 nitrogen and oxygen atoms in total. The summed E-state index contributed by atoms with van der Waals surface area (Å²) in [7, 11) is 0. The SMILES string of the molecule is Cc1sc(C)c2c1SC(CN(c1ccccc1)c1ccccc1)C(CN(c1ccccc1)c1ccccc1)S2. The Bertz CT molecular complexity index is 1300. The van der Waals surface area contributed by atoms with Crippen molar-refractivity contribution in [2.45, 2.75) is 34.1 Å². The highest BCUT2D eigenvalue weighted by atomic mass is 32.2. The largest absolute Gasteiger partial charge is 0.340 e. The number of anilines is 4. The van der Waals surface area contributed by atoms with Crippen molar-refractivity contribution in [2.24, 2.45) is 0 Å². The van der Waals surface area contributed by atoms with Crippen molar-refractivity contribution in [3.05, 3.63) is 131 Å². The second kappa shape index (κ2) is 12.0. The summed E-state index contributed by atoms with van der Waals surface area (Å²) in [4.78, 5) is 10.8. The van der Waals surface area contributed by atoms with Crippen molar-refractivity contribution >= 4 is 57.6 Å². The number of aryl methyl sites for hydroxylation is 2. The van der Waals surface area contributed by atoms with Crippen molar-refractivity contribution in [2.75, 3.05) is 22.9 Å². The molecule has 1 aromatic heterocycles. The van der Waals surface area contributed by atoms with Gasteiger partial charge in [0.15, 0.2) is 0 Å². The normalized spacial score (nSPS) is 16.5. The third kappa shape index (κ3) is 5.76. The van der Waals surface area contributed by atoms with Gasteiger partial charge in [-0.3, -0.25) is 0 Å². The second-order valence-electron chi connectivity index (χ2n) is 9.75. The first kappa shape index (κ1) is 26.1. The molecule has 1 aliphatic heterocycles. The van der Waals surface area contributed by atoms with Crippen LogP contribution in [0.3, 0.4) is 0 Å². The quantitative estimate of drug-likeness (QED) is 0.185. The lowest BCUT2D eigenvalue weighted by atomic mass is 10.1. The average Bonchev–Trinajstić information content (AvgIpc) is 3.27. The van der Waals surface area contributed by atoms with E-state index in [1.54, 1.807) is 0 Å². The van der Waals surface area contributed by atoms with E-state index in [2.05, 4.69) is 168 Å². The number of para-hydroxylation sites is 4. The van der Waals surface area contributed by atoms with Gasteiger partial charge >= 0.3 is 0 Å². The van der Waals surface area contributed by atoms with Crippen molar-refractivity contribution < 1.29 is 0 Å². The standard InChI is InChI=1S/C34H32N2S3/c1-25-33-34(26(2)37-25)39-32(24-36(29-19-11-5-12-20-29)30-21-13-6-14-22-30)31(38-33)23-35(27-15-7-3-8-16-27)28-17-9-4-10-18-28/h3-22,31-32H,23-24H2,1-2H3. The van der Waals surface area contributed by atoms with Gasteiger partial charge in [-0.05, 0) is 62.4 Å². The van der Waals surface area contributed by atoms with Gasteiger partial charge in [0.2, 0.25) is 0 Å². The van der Waals surface area contributed by atoms with Crippen LogP contribution in [-0.2, 0) is 0 Å². The highest BCUT2D eigenvalue weighted by Crippen LogP contribution is 2.52. The first-order valence-corrected chi connectivity index (χ1v) is 15.9. The highest BCUT2D eigenvalue weighted by Gasteiger charge is 2.36. The highest BCUT2D eigenvalue weighted by molar-refractivity contribution is 8.06. The maximum Gasteiger partial charge on any atom is 0.0415 e. The molecule has 0 amide bonds. The minimum atomic E-state index is 0.394. The van der Waals surface area contributed by atoms with Crippen LogP contribution in [0, 0.1) is 13.8 Å². The molecule has 1 aliphatic rings. The van der Waals surface area contributed by atoms with Crippen molar-refractivity contribution in [3.63, 3.8) is 0 Å². The van der Waals surface area contributed by atoms with E-state index in [0.29, 0.717) is 10.5 Å². The molecule has 39 heavy (non-hydrogen) atoms. The Morgan fingerprint density at radius 3 is 1.03 bits per heavy atom. The van der Waals surface area contributed by atoms with Crippen molar-refractivity contribution in [1.82, 2.24) is 0 Å². The molecule has 0 radical (unpaired) electrons. The number of rotatable bonds is 8. The molecular formula is C34H32N2S3. The molecule has 196 valence electrons. The van der Waals surface area contributed by atoms with E-state index in [1.807, 2.05) is 11.3 Å². The molecule has 2 atom stereocenters. The molecular weight excluding hydrogens is 533 g/mol. The van der Waals surface area contributed by atoms with Gasteiger partial charge in [-0.1, -0.05) is 72.8 Å². The lowest BCUT2D eigenvalue weighted by Gasteiger charge is -2.39. The molecule has 5 heteroatoms. The van der Waals surface area contributed by atoms with Gasteiger partial charge in [-0.25, -0.2) is 0 Å². The van der Waals surface area contributed by atoms with Crippen LogP contribution in [0.5, 0.6) is 0 Å². The fourth-order valence-electron chi connectivity index (χ4n) is 5.19. The van der Waals surface area contributed by atoms with Crippen LogP contribution in [0.4, 0.5) is 22.7 Å². The number of thioether (sulfide) groups is 2. The van der Waals surface area contributed by atoms with Gasteiger partial charge in [0, 0.05) is 65.9 Å². The van der Waals surface area contributed by atoms with Gasteiger partial charge in [0.1, 0.15) is 0 Å². The molecule has 0 aliphatic carbocycles. The zero-order valence-corrected chi connectivity index (χ0v) is 24.7. The first-order valence-electron chi connectivity index (χ1n) is 13.4. The molecule has 0 bridgehead atoms. The molecule has 2 heterocycles. The van der Waals surface area contributed by atoms with Gasteiger partial charge in [-0.15, -0.1) is 34.9 Å². The maximum atomic E-state index is 2.50. The van der Waals surface area contributed by atoms with E-state index in [1.165, 1.54) is 42.3 Å². The van der Waals surface area contributed by atoms with E-state index in [0.717, 1.165) is 13.1 Å². The van der Waals surface area contributed by atoms with Gasteiger partial charge in [0.25, 0.3) is 0 Å². The monoisotopic (exact) mass is 564 g/mol. The Morgan fingerprint density at radius 1 is 0.462 bits per heavy atom. The van der Waals surface area contributed by atoms with Crippen LogP contribution < -0.4 is 9.80 Å². The summed E-state index contributed by atoms with van der Waals surface area (Å²) in [5, 5.41) is 0.788. The number of hydrogen-bond acceptors (Lipinski definition) is 5. The van der Waals surface area contributed by atoms with Crippen LogP contribution in [0.25, 0.3) is 0 Å². The second-order valence-corrected chi connectivity index (χ2v) is 13.7. The molecule has 5 aromatic rings. The van der Waals surface area contributed by atoms with Gasteiger partial charge < -0.3 is 9.80 Å². The number of benzene rings is 4.